The van der Waals surface area contributed by atoms with E-state index < -0.39 is 9.84 Å². The van der Waals surface area contributed by atoms with E-state index in [9.17, 15) is 8.42 Å². The van der Waals surface area contributed by atoms with Crippen molar-refractivity contribution in [3.8, 4) is 0 Å². The van der Waals surface area contributed by atoms with Crippen molar-refractivity contribution >= 4 is 21.7 Å². The molecule has 5 heteroatoms. The zero-order chi connectivity index (χ0) is 8.60. The van der Waals surface area contributed by atoms with Gasteiger partial charge in [-0.2, -0.15) is 0 Å². The molecule has 0 amide bonds. The van der Waals surface area contributed by atoms with E-state index in [1.807, 2.05) is 0 Å². The quantitative estimate of drug-likeness (QED) is 0.589. The third-order valence-electron chi connectivity index (χ3n) is 1.57. The molecule has 0 aromatic carbocycles. The number of rotatable bonds is 0. The summed E-state index contributed by atoms with van der Waals surface area (Å²) in [6, 6.07) is 3.30. The van der Waals surface area contributed by atoms with Crippen LogP contribution in [-0.2, 0) is 9.84 Å². The molecule has 1 aliphatic heterocycles. The molecular formula is C7H6N2O2S. The zero-order valence-electron chi connectivity index (χ0n) is 6.14. The number of aromatic nitrogens is 1. The minimum absolute atomic E-state index is 0.0446. The molecule has 1 aromatic heterocycles. The molecule has 1 aliphatic rings. The van der Waals surface area contributed by atoms with E-state index >= 15 is 0 Å². The van der Waals surface area contributed by atoms with Crippen LogP contribution in [-0.4, -0.2) is 25.4 Å². The Bertz CT molecular complexity index is 436. The number of nitrogens with zero attached hydrogens (tertiary/aromatic N) is 2. The van der Waals surface area contributed by atoms with Crippen molar-refractivity contribution in [1.82, 2.24) is 4.98 Å². The van der Waals surface area contributed by atoms with Gasteiger partial charge in [0.25, 0.3) is 0 Å². The van der Waals surface area contributed by atoms with Crippen LogP contribution in [0.2, 0.25) is 0 Å². The highest BCUT2D eigenvalue weighted by atomic mass is 32.2. The molecule has 1 aromatic rings. The summed E-state index contributed by atoms with van der Waals surface area (Å²) in [4.78, 5) is 7.69. The number of hydrogen-bond acceptors (Lipinski definition) is 4. The third kappa shape index (κ3) is 1.02. The van der Waals surface area contributed by atoms with Gasteiger partial charge >= 0.3 is 0 Å². The van der Waals surface area contributed by atoms with Gasteiger partial charge in [0.05, 0.1) is 11.4 Å². The molecule has 2 heterocycles. The van der Waals surface area contributed by atoms with Gasteiger partial charge in [0.2, 0.25) is 9.84 Å². The predicted molar refractivity (Wildman–Crippen MR) is 44.4 cm³/mol. The van der Waals surface area contributed by atoms with Crippen molar-refractivity contribution < 1.29 is 8.42 Å². The van der Waals surface area contributed by atoms with Gasteiger partial charge in [0, 0.05) is 12.4 Å². The number of sulfone groups is 1. The normalized spacial score (nSPS) is 18.7. The monoisotopic (exact) mass is 182 g/mol. The summed E-state index contributed by atoms with van der Waals surface area (Å²) < 4.78 is 22.6. The second kappa shape index (κ2) is 2.38. The highest BCUT2D eigenvalue weighted by Gasteiger charge is 2.21. The first-order chi connectivity index (χ1) is 5.70. The van der Waals surface area contributed by atoms with Crippen LogP contribution in [0.4, 0.5) is 5.69 Å². The molecule has 12 heavy (non-hydrogen) atoms. The van der Waals surface area contributed by atoms with E-state index in [2.05, 4.69) is 9.98 Å². The van der Waals surface area contributed by atoms with E-state index in [0.29, 0.717) is 5.69 Å². The molecule has 62 valence electrons. The Balaban J connectivity index is 2.77. The average molecular weight is 182 g/mol. The Labute approximate surface area is 69.9 Å². The molecule has 0 atom stereocenters. The fourth-order valence-electron chi connectivity index (χ4n) is 1.03. The molecule has 0 bridgehead atoms. The minimum atomic E-state index is -3.20. The van der Waals surface area contributed by atoms with Gasteiger partial charge < -0.3 is 0 Å². The number of fused-ring (bicyclic) bond motifs is 1. The molecule has 0 fully saturated rings. The van der Waals surface area contributed by atoms with Gasteiger partial charge in [-0.25, -0.2) is 13.4 Å². The van der Waals surface area contributed by atoms with Crippen molar-refractivity contribution in [3.63, 3.8) is 0 Å². The second-order valence-corrected chi connectivity index (χ2v) is 4.37. The molecule has 0 N–H and O–H groups in total. The lowest BCUT2D eigenvalue weighted by atomic mass is 10.4. The predicted octanol–water partition coefficient (Wildman–Crippen LogP) is 0.571. The van der Waals surface area contributed by atoms with Gasteiger partial charge in [-0.1, -0.05) is 0 Å². The zero-order valence-corrected chi connectivity index (χ0v) is 6.95. The lowest BCUT2D eigenvalue weighted by Crippen LogP contribution is -2.13. The van der Waals surface area contributed by atoms with Crippen LogP contribution in [0.25, 0.3) is 0 Å². The van der Waals surface area contributed by atoms with Crippen molar-refractivity contribution in [3.05, 3.63) is 18.3 Å². The van der Waals surface area contributed by atoms with Crippen LogP contribution >= 0.6 is 0 Å². The Kier molecular flexibility index (Phi) is 1.47. The number of hydrogen-bond donors (Lipinski definition) is 0. The maximum absolute atomic E-state index is 11.3. The molecule has 0 saturated carbocycles. The second-order valence-electron chi connectivity index (χ2n) is 2.42. The molecule has 0 radical (unpaired) electrons. The minimum Gasteiger partial charge on any atom is -0.257 e. The van der Waals surface area contributed by atoms with Crippen LogP contribution < -0.4 is 0 Å². The summed E-state index contributed by atoms with van der Waals surface area (Å²) in [6.07, 6.45) is 2.84. The van der Waals surface area contributed by atoms with Crippen LogP contribution in [0.15, 0.2) is 28.3 Å². The van der Waals surface area contributed by atoms with Gasteiger partial charge in [-0.3, -0.25) is 4.99 Å². The van der Waals surface area contributed by atoms with E-state index in [-0.39, 0.29) is 10.8 Å². The van der Waals surface area contributed by atoms with E-state index in [1.165, 1.54) is 12.4 Å². The van der Waals surface area contributed by atoms with Crippen LogP contribution in [0.5, 0.6) is 0 Å². The smallest absolute Gasteiger partial charge is 0.202 e. The van der Waals surface area contributed by atoms with Gasteiger partial charge in [0.1, 0.15) is 0 Å². The van der Waals surface area contributed by atoms with Gasteiger partial charge in [-0.15, -0.1) is 0 Å². The largest absolute Gasteiger partial charge is 0.257 e. The molecule has 2 rings (SSSR count). The first-order valence-corrected chi connectivity index (χ1v) is 5.06. The topological polar surface area (TPSA) is 59.4 Å². The van der Waals surface area contributed by atoms with Gasteiger partial charge in [0.15, 0.2) is 5.03 Å². The Morgan fingerprint density at radius 3 is 3.00 bits per heavy atom. The first kappa shape index (κ1) is 7.42. The van der Waals surface area contributed by atoms with Crippen LogP contribution in [0.3, 0.4) is 0 Å². The lowest BCUT2D eigenvalue weighted by molar-refractivity contribution is 0.596. The fraction of sp³-hybridized carbons (Fsp3) is 0.143. The van der Waals surface area contributed by atoms with Crippen LogP contribution in [0, 0.1) is 0 Å². The number of aliphatic imine (C=N–C) groups is 1. The maximum atomic E-state index is 11.3. The van der Waals surface area contributed by atoms with Crippen molar-refractivity contribution in [2.75, 3.05) is 5.75 Å². The highest BCUT2D eigenvalue weighted by Crippen LogP contribution is 2.24. The van der Waals surface area contributed by atoms with Crippen molar-refractivity contribution in [1.29, 1.82) is 0 Å². The highest BCUT2D eigenvalue weighted by molar-refractivity contribution is 7.92. The number of pyridine rings is 1. The van der Waals surface area contributed by atoms with Crippen LogP contribution in [0.1, 0.15) is 0 Å². The average Bonchev–Trinajstić information content (AvgIpc) is 2.04. The standard InChI is InChI=1S/C7H6N2O2S/c10-12(11)5-4-8-6-2-1-3-9-7(6)12/h1-4H,5H2. The first-order valence-electron chi connectivity index (χ1n) is 3.40. The summed E-state index contributed by atoms with van der Waals surface area (Å²) in [5.41, 5.74) is 0.434. The SMILES string of the molecule is O=S1(=O)CC=Nc2cccnc21. The Morgan fingerprint density at radius 2 is 2.25 bits per heavy atom. The van der Waals surface area contributed by atoms with Gasteiger partial charge in [-0.05, 0) is 12.1 Å². The van der Waals surface area contributed by atoms with E-state index in [1.54, 1.807) is 12.1 Å². The summed E-state index contributed by atoms with van der Waals surface area (Å²) in [5.74, 6) is -0.0446. The van der Waals surface area contributed by atoms with E-state index in [4.69, 9.17) is 0 Å². The summed E-state index contributed by atoms with van der Waals surface area (Å²) >= 11 is 0. The molecular weight excluding hydrogens is 176 g/mol. The van der Waals surface area contributed by atoms with E-state index in [0.717, 1.165) is 0 Å². The molecule has 0 aliphatic carbocycles. The Morgan fingerprint density at radius 1 is 1.42 bits per heavy atom. The summed E-state index contributed by atoms with van der Waals surface area (Å²) in [7, 11) is -3.20. The Hall–Kier alpha value is -1.23. The molecule has 4 nitrogen and oxygen atoms in total. The fourth-order valence-corrected chi connectivity index (χ4v) is 2.12. The molecule has 0 saturated heterocycles. The van der Waals surface area contributed by atoms with Crippen molar-refractivity contribution in [2.24, 2.45) is 4.99 Å². The summed E-state index contributed by atoms with van der Waals surface area (Å²) in [6.45, 7) is 0. The lowest BCUT2D eigenvalue weighted by Gasteiger charge is -2.07. The van der Waals surface area contributed by atoms with Crippen molar-refractivity contribution in [2.45, 2.75) is 5.03 Å². The molecule has 0 spiro atoms. The molecule has 0 unspecified atom stereocenters. The third-order valence-corrected chi connectivity index (χ3v) is 3.06. The maximum Gasteiger partial charge on any atom is 0.202 e. The summed E-state index contributed by atoms with van der Waals surface area (Å²) in [5, 5.41) is 0.0903.